The first-order chi connectivity index (χ1) is 10.5. The van der Waals surface area contributed by atoms with E-state index in [0.717, 1.165) is 49.7 Å². The molecule has 6 heteroatoms. The van der Waals surface area contributed by atoms with Crippen molar-refractivity contribution in [3.8, 4) is 0 Å². The molecule has 0 aromatic rings. The molecule has 3 atom stereocenters. The van der Waals surface area contributed by atoms with Gasteiger partial charge in [-0.05, 0) is 31.9 Å². The monoisotopic (exact) mass is 329 g/mol. The van der Waals surface area contributed by atoms with Gasteiger partial charge in [0.2, 0.25) is 0 Å². The number of nitrogens with zero attached hydrogens (tertiary/aromatic N) is 1. The van der Waals surface area contributed by atoms with Crippen LogP contribution in [-0.4, -0.2) is 59.0 Å². The number of hydrogen-bond donors (Lipinski definition) is 4. The van der Waals surface area contributed by atoms with Crippen molar-refractivity contribution in [1.29, 1.82) is 0 Å². The highest BCUT2D eigenvalue weighted by atomic mass is 32.2. The Morgan fingerprint density at radius 3 is 2.77 bits per heavy atom. The number of aliphatic imine (C=N–C) groups is 1. The molecular formula is C16H31N3O2S. The number of thioether (sulfide) groups is 1. The second-order valence-corrected chi connectivity index (χ2v) is 8.10. The van der Waals surface area contributed by atoms with E-state index in [9.17, 15) is 10.2 Å². The van der Waals surface area contributed by atoms with E-state index in [-0.39, 0.29) is 11.5 Å². The van der Waals surface area contributed by atoms with Gasteiger partial charge in [-0.3, -0.25) is 4.99 Å². The first-order valence-corrected chi connectivity index (χ1v) is 9.63. The second kappa shape index (κ2) is 7.88. The van der Waals surface area contributed by atoms with Crippen LogP contribution in [0.15, 0.2) is 4.99 Å². The zero-order valence-electron chi connectivity index (χ0n) is 13.9. The van der Waals surface area contributed by atoms with E-state index in [2.05, 4.69) is 22.5 Å². The average molecular weight is 330 g/mol. The summed E-state index contributed by atoms with van der Waals surface area (Å²) < 4.78 is 0. The van der Waals surface area contributed by atoms with Crippen LogP contribution in [0.2, 0.25) is 0 Å². The van der Waals surface area contributed by atoms with Crippen molar-refractivity contribution < 1.29 is 10.2 Å². The predicted molar refractivity (Wildman–Crippen MR) is 93.5 cm³/mol. The molecule has 2 rings (SSSR count). The van der Waals surface area contributed by atoms with Gasteiger partial charge in [0.1, 0.15) is 0 Å². The molecule has 22 heavy (non-hydrogen) atoms. The lowest BCUT2D eigenvalue weighted by molar-refractivity contribution is 0.00711. The molecule has 0 aromatic carbocycles. The third-order valence-corrected chi connectivity index (χ3v) is 6.12. The highest BCUT2D eigenvalue weighted by molar-refractivity contribution is 7.99. The number of nitrogens with one attached hydrogen (secondary N) is 2. The van der Waals surface area contributed by atoms with E-state index in [1.165, 1.54) is 6.42 Å². The Morgan fingerprint density at radius 2 is 2.14 bits per heavy atom. The number of aliphatic hydroxyl groups is 2. The molecule has 1 saturated carbocycles. The quantitative estimate of drug-likeness (QED) is 0.452. The molecule has 1 aliphatic carbocycles. The van der Waals surface area contributed by atoms with Crippen molar-refractivity contribution in [3.05, 3.63) is 0 Å². The van der Waals surface area contributed by atoms with Crippen LogP contribution in [0.3, 0.4) is 0 Å². The largest absolute Gasteiger partial charge is 0.392 e. The number of aliphatic hydroxyl groups excluding tert-OH is 1. The summed E-state index contributed by atoms with van der Waals surface area (Å²) in [6.45, 7) is 6.11. The molecule has 1 aliphatic heterocycles. The van der Waals surface area contributed by atoms with E-state index in [1.54, 1.807) is 11.8 Å². The van der Waals surface area contributed by atoms with Gasteiger partial charge in [0.15, 0.2) is 5.96 Å². The lowest BCUT2D eigenvalue weighted by atomic mass is 9.73. The maximum absolute atomic E-state index is 10.4. The van der Waals surface area contributed by atoms with E-state index in [1.807, 2.05) is 6.92 Å². The summed E-state index contributed by atoms with van der Waals surface area (Å²) in [5, 5.41) is 27.2. The van der Waals surface area contributed by atoms with Gasteiger partial charge in [0.05, 0.1) is 18.2 Å². The molecule has 5 nitrogen and oxygen atoms in total. The molecule has 128 valence electrons. The first-order valence-electron chi connectivity index (χ1n) is 8.48. The van der Waals surface area contributed by atoms with Crippen LogP contribution in [-0.2, 0) is 0 Å². The standard InChI is InChI=1S/C16H31N3O2S/c1-3-17-14(19-11-16(21)8-9-22-12-16)18-10-15(2)7-5-4-6-13(15)20/h13,20-21H,3-12H2,1-2H3,(H2,17,18,19). The van der Waals surface area contributed by atoms with Crippen LogP contribution in [0.1, 0.15) is 46.0 Å². The number of rotatable bonds is 5. The van der Waals surface area contributed by atoms with Crippen LogP contribution in [0.4, 0.5) is 0 Å². The van der Waals surface area contributed by atoms with Crippen molar-refractivity contribution in [2.75, 3.05) is 31.1 Å². The summed E-state index contributed by atoms with van der Waals surface area (Å²) in [6.07, 6.45) is 4.77. The topological polar surface area (TPSA) is 76.9 Å². The predicted octanol–water partition coefficient (Wildman–Crippen LogP) is 1.35. The Morgan fingerprint density at radius 1 is 1.32 bits per heavy atom. The van der Waals surface area contributed by atoms with Crippen molar-refractivity contribution in [2.24, 2.45) is 10.4 Å². The van der Waals surface area contributed by atoms with E-state index < -0.39 is 5.60 Å². The number of guanidine groups is 1. The molecular weight excluding hydrogens is 298 g/mol. The van der Waals surface area contributed by atoms with Crippen LogP contribution < -0.4 is 10.6 Å². The first kappa shape index (κ1) is 17.9. The lowest BCUT2D eigenvalue weighted by Gasteiger charge is -2.37. The van der Waals surface area contributed by atoms with Gasteiger partial charge in [0, 0.05) is 24.3 Å². The highest BCUT2D eigenvalue weighted by Gasteiger charge is 2.35. The fraction of sp³-hybridized carbons (Fsp3) is 0.938. The molecule has 0 bridgehead atoms. The van der Waals surface area contributed by atoms with Crippen molar-refractivity contribution >= 4 is 17.7 Å². The minimum atomic E-state index is -0.616. The molecule has 0 radical (unpaired) electrons. The highest BCUT2D eigenvalue weighted by Crippen LogP contribution is 2.36. The maximum Gasteiger partial charge on any atom is 0.191 e. The summed E-state index contributed by atoms with van der Waals surface area (Å²) >= 11 is 1.80. The molecule has 0 amide bonds. The average Bonchev–Trinajstić information content (AvgIpc) is 2.93. The fourth-order valence-electron chi connectivity index (χ4n) is 3.15. The summed E-state index contributed by atoms with van der Waals surface area (Å²) in [7, 11) is 0. The Labute approximate surface area is 138 Å². The summed E-state index contributed by atoms with van der Waals surface area (Å²) in [4.78, 5) is 4.67. The summed E-state index contributed by atoms with van der Waals surface area (Å²) in [5.74, 6) is 2.55. The van der Waals surface area contributed by atoms with Crippen molar-refractivity contribution in [1.82, 2.24) is 10.6 Å². The Kier molecular flexibility index (Phi) is 6.41. The van der Waals surface area contributed by atoms with Crippen LogP contribution in [0.25, 0.3) is 0 Å². The Bertz CT molecular complexity index is 386. The van der Waals surface area contributed by atoms with E-state index >= 15 is 0 Å². The SMILES string of the molecule is CCNC(=NCC1(C)CCCCC1O)NCC1(O)CCSC1. The van der Waals surface area contributed by atoms with E-state index in [4.69, 9.17) is 0 Å². The Hall–Kier alpha value is -0.460. The zero-order valence-corrected chi connectivity index (χ0v) is 14.7. The second-order valence-electron chi connectivity index (χ2n) is 6.99. The normalized spacial score (nSPS) is 36.4. The van der Waals surface area contributed by atoms with E-state index in [0.29, 0.717) is 13.1 Å². The zero-order chi connectivity index (χ0) is 16.1. The minimum Gasteiger partial charge on any atom is -0.392 e. The third-order valence-electron chi connectivity index (χ3n) is 4.89. The van der Waals surface area contributed by atoms with Crippen LogP contribution in [0.5, 0.6) is 0 Å². The van der Waals surface area contributed by atoms with Crippen LogP contribution in [0, 0.1) is 5.41 Å². The molecule has 2 fully saturated rings. The van der Waals surface area contributed by atoms with Gasteiger partial charge in [-0.2, -0.15) is 11.8 Å². The Balaban J connectivity index is 1.91. The summed E-state index contributed by atoms with van der Waals surface area (Å²) in [5.41, 5.74) is -0.740. The van der Waals surface area contributed by atoms with Gasteiger partial charge < -0.3 is 20.8 Å². The summed E-state index contributed by atoms with van der Waals surface area (Å²) in [6, 6.07) is 0. The van der Waals surface area contributed by atoms with Gasteiger partial charge in [-0.25, -0.2) is 0 Å². The molecule has 1 saturated heterocycles. The van der Waals surface area contributed by atoms with Gasteiger partial charge in [-0.15, -0.1) is 0 Å². The van der Waals surface area contributed by atoms with Crippen molar-refractivity contribution in [3.63, 3.8) is 0 Å². The molecule has 3 unspecified atom stereocenters. The lowest BCUT2D eigenvalue weighted by Crippen LogP contribution is -2.48. The van der Waals surface area contributed by atoms with Gasteiger partial charge >= 0.3 is 0 Å². The molecule has 4 N–H and O–H groups in total. The third kappa shape index (κ3) is 4.77. The molecule has 1 heterocycles. The maximum atomic E-state index is 10.4. The fourth-order valence-corrected chi connectivity index (χ4v) is 4.45. The van der Waals surface area contributed by atoms with Crippen LogP contribution >= 0.6 is 11.8 Å². The van der Waals surface area contributed by atoms with Gasteiger partial charge in [-0.1, -0.05) is 19.8 Å². The van der Waals surface area contributed by atoms with Crippen molar-refractivity contribution in [2.45, 2.75) is 57.7 Å². The molecule has 0 spiro atoms. The molecule has 0 aromatic heterocycles. The van der Waals surface area contributed by atoms with Gasteiger partial charge in [0.25, 0.3) is 0 Å². The number of hydrogen-bond acceptors (Lipinski definition) is 4. The molecule has 2 aliphatic rings. The smallest absolute Gasteiger partial charge is 0.191 e. The minimum absolute atomic E-state index is 0.124.